The molecular formula is C30H38ClN5O5. The third-order valence-electron chi connectivity index (χ3n) is 6.84. The van der Waals surface area contributed by atoms with Gasteiger partial charge in [-0.3, -0.25) is 14.4 Å². The number of unbranched alkanes of at least 4 members (excludes halogenated alkanes) is 1. The molecule has 0 saturated carbocycles. The Balaban J connectivity index is 0.00000141. The third kappa shape index (κ3) is 9.56. The summed E-state index contributed by atoms with van der Waals surface area (Å²) in [6.45, 7) is 3.87. The van der Waals surface area contributed by atoms with E-state index in [2.05, 4.69) is 57.4 Å². The van der Waals surface area contributed by atoms with Gasteiger partial charge < -0.3 is 26.7 Å². The first-order valence-corrected chi connectivity index (χ1v) is 13.5. The van der Waals surface area contributed by atoms with Gasteiger partial charge in [-0.2, -0.15) is 9.59 Å². The van der Waals surface area contributed by atoms with Crippen LogP contribution in [0.2, 0.25) is 0 Å². The van der Waals surface area contributed by atoms with E-state index < -0.39 is 12.1 Å². The molecule has 2 heterocycles. The first kappa shape index (κ1) is 33.2. The Morgan fingerprint density at radius 3 is 2.24 bits per heavy atom. The molecule has 0 spiro atoms. The average Bonchev–Trinajstić information content (AvgIpc) is 3.27. The average molecular weight is 584 g/mol. The van der Waals surface area contributed by atoms with Crippen LogP contribution in [0.15, 0.2) is 48.6 Å². The molecule has 3 amide bonds. The lowest BCUT2D eigenvalue weighted by atomic mass is 10.0. The van der Waals surface area contributed by atoms with Gasteiger partial charge in [0.05, 0.1) is 0 Å². The minimum Gasteiger partial charge on any atom is -0.355 e. The van der Waals surface area contributed by atoms with E-state index in [1.54, 1.807) is 0 Å². The number of aromatic amines is 1. The zero-order valence-corrected chi connectivity index (χ0v) is 24.1. The second kappa shape index (κ2) is 16.3. The summed E-state index contributed by atoms with van der Waals surface area (Å²) in [6, 6.07) is 10.9. The Hall–Kier alpha value is -3.98. The number of nitrogens with two attached hydrogens (primary N) is 1. The van der Waals surface area contributed by atoms with Crippen LogP contribution in [0.5, 0.6) is 0 Å². The van der Waals surface area contributed by atoms with Crippen molar-refractivity contribution in [1.29, 1.82) is 0 Å². The summed E-state index contributed by atoms with van der Waals surface area (Å²) in [4.78, 5) is 58.2. The quantitative estimate of drug-likeness (QED) is 0.229. The van der Waals surface area contributed by atoms with Gasteiger partial charge in [-0.25, -0.2) is 0 Å². The van der Waals surface area contributed by atoms with Gasteiger partial charge in [0.25, 0.3) is 0 Å². The zero-order chi connectivity index (χ0) is 29.1. The summed E-state index contributed by atoms with van der Waals surface area (Å²) in [6.07, 6.45) is 8.21. The summed E-state index contributed by atoms with van der Waals surface area (Å²) < 4.78 is 0. The SMILES string of the molecule is CC(=O)NC1Cc2ccc3[nH]c4ccc(cc4c3c2)CC=CC[C@@H](C)NC(=O)[C@H](CCCCN)NC1=O.Cl.O=C=O. The Bertz CT molecular complexity index is 1410. The molecule has 4 bridgehead atoms. The fourth-order valence-corrected chi connectivity index (χ4v) is 4.89. The highest BCUT2D eigenvalue weighted by molar-refractivity contribution is 6.07. The van der Waals surface area contributed by atoms with Gasteiger partial charge in [0.15, 0.2) is 0 Å². The Morgan fingerprint density at radius 2 is 1.61 bits per heavy atom. The summed E-state index contributed by atoms with van der Waals surface area (Å²) in [5.41, 5.74) is 9.84. The normalized spacial score (nSPS) is 19.3. The number of aromatic nitrogens is 1. The highest BCUT2D eigenvalue weighted by atomic mass is 35.5. The molecular weight excluding hydrogens is 546 g/mol. The first-order chi connectivity index (χ1) is 19.2. The van der Waals surface area contributed by atoms with Crippen molar-refractivity contribution in [3.8, 4) is 0 Å². The fourth-order valence-electron chi connectivity index (χ4n) is 4.89. The molecule has 1 aliphatic rings. The molecule has 11 heteroatoms. The zero-order valence-electron chi connectivity index (χ0n) is 23.3. The van der Waals surface area contributed by atoms with Crippen LogP contribution in [0.25, 0.3) is 21.8 Å². The van der Waals surface area contributed by atoms with Gasteiger partial charge in [0.2, 0.25) is 17.7 Å². The molecule has 0 saturated heterocycles. The molecule has 10 nitrogen and oxygen atoms in total. The Morgan fingerprint density at radius 1 is 0.976 bits per heavy atom. The lowest BCUT2D eigenvalue weighted by molar-refractivity contribution is -0.191. The van der Waals surface area contributed by atoms with Gasteiger partial charge in [-0.05, 0) is 81.0 Å². The van der Waals surface area contributed by atoms with E-state index in [-0.39, 0.29) is 42.3 Å². The summed E-state index contributed by atoms with van der Waals surface area (Å²) in [5, 5.41) is 10.9. The minimum atomic E-state index is -0.806. The molecule has 4 rings (SSSR count). The number of fused-ring (bicyclic) bond motifs is 2. The largest absolute Gasteiger partial charge is 0.373 e. The van der Waals surface area contributed by atoms with Gasteiger partial charge >= 0.3 is 6.15 Å². The maximum absolute atomic E-state index is 13.4. The van der Waals surface area contributed by atoms with Crippen LogP contribution in [0.1, 0.15) is 50.7 Å². The number of halogens is 1. The molecule has 2 aromatic carbocycles. The lowest BCUT2D eigenvalue weighted by Crippen LogP contribution is -2.55. The molecule has 0 aliphatic carbocycles. The van der Waals surface area contributed by atoms with Crippen LogP contribution < -0.4 is 21.7 Å². The van der Waals surface area contributed by atoms with Crippen LogP contribution in [-0.2, 0) is 36.8 Å². The molecule has 3 aromatic rings. The van der Waals surface area contributed by atoms with E-state index in [9.17, 15) is 14.4 Å². The number of allylic oxidation sites excluding steroid dienone is 1. The molecule has 0 radical (unpaired) electrons. The summed E-state index contributed by atoms with van der Waals surface area (Å²) in [7, 11) is 0. The number of hydrogen-bond donors (Lipinski definition) is 5. The molecule has 3 atom stereocenters. The second-order valence-corrected chi connectivity index (χ2v) is 10.1. The molecule has 41 heavy (non-hydrogen) atoms. The fraction of sp³-hybridized carbons (Fsp3) is 0.400. The van der Waals surface area contributed by atoms with E-state index in [1.165, 1.54) is 12.5 Å². The highest BCUT2D eigenvalue weighted by Crippen LogP contribution is 2.28. The second-order valence-electron chi connectivity index (χ2n) is 10.1. The van der Waals surface area contributed by atoms with Crippen molar-refractivity contribution in [3.63, 3.8) is 0 Å². The van der Waals surface area contributed by atoms with Crippen molar-refractivity contribution in [2.75, 3.05) is 6.54 Å². The van der Waals surface area contributed by atoms with E-state index in [0.29, 0.717) is 32.2 Å². The summed E-state index contributed by atoms with van der Waals surface area (Å²) in [5.74, 6) is -0.902. The Kier molecular flexibility index (Phi) is 13.2. The van der Waals surface area contributed by atoms with Gasteiger partial charge in [-0.1, -0.05) is 24.3 Å². The predicted molar refractivity (Wildman–Crippen MR) is 159 cm³/mol. The van der Waals surface area contributed by atoms with Crippen molar-refractivity contribution in [2.45, 2.75) is 70.5 Å². The van der Waals surface area contributed by atoms with E-state index in [1.807, 2.05) is 19.1 Å². The van der Waals surface area contributed by atoms with Crippen molar-refractivity contribution >= 4 is 58.1 Å². The number of hydrogen-bond acceptors (Lipinski definition) is 6. The number of carbonyl (C=O) groups is 3. The third-order valence-corrected chi connectivity index (χ3v) is 6.84. The standard InChI is InChI=1S/C29H37N5O3.CO2.ClH/c1-18-7-3-4-8-20-10-12-24-22(15-20)23-16-21(11-13-25(23)33-24)17-27(32-19(2)35)29(37)34-26(28(36)31-18)9-5-6-14-30;2-1-3;/h3-4,10-13,15-16,18,26-27,33H,5-9,14,17,30H2,1-2H3,(H,31,36)(H,32,35)(H,34,37);;1H/t18-,26+,27?;;/m1../s1. The van der Waals surface area contributed by atoms with Gasteiger partial charge in [0.1, 0.15) is 12.1 Å². The number of nitrogens with one attached hydrogen (secondary N) is 4. The molecule has 220 valence electrons. The van der Waals surface area contributed by atoms with Crippen molar-refractivity contribution in [1.82, 2.24) is 20.9 Å². The van der Waals surface area contributed by atoms with E-state index >= 15 is 0 Å². The Labute approximate surface area is 245 Å². The van der Waals surface area contributed by atoms with E-state index in [0.717, 1.165) is 40.2 Å². The lowest BCUT2D eigenvalue weighted by Gasteiger charge is -2.24. The molecule has 1 aliphatic heterocycles. The van der Waals surface area contributed by atoms with Crippen LogP contribution in [-0.4, -0.2) is 53.5 Å². The number of benzene rings is 2. The molecule has 1 unspecified atom stereocenters. The topological polar surface area (TPSA) is 163 Å². The van der Waals surface area contributed by atoms with Crippen molar-refractivity contribution < 1.29 is 24.0 Å². The molecule has 6 N–H and O–H groups in total. The van der Waals surface area contributed by atoms with Crippen LogP contribution in [0.4, 0.5) is 0 Å². The number of amides is 3. The smallest absolute Gasteiger partial charge is 0.355 e. The predicted octanol–water partition coefficient (Wildman–Crippen LogP) is 2.83. The minimum absolute atomic E-state index is 0. The maximum Gasteiger partial charge on any atom is 0.373 e. The number of rotatable bonds is 5. The monoisotopic (exact) mass is 583 g/mol. The van der Waals surface area contributed by atoms with Crippen LogP contribution >= 0.6 is 12.4 Å². The van der Waals surface area contributed by atoms with Crippen molar-refractivity contribution in [3.05, 3.63) is 59.7 Å². The first-order valence-electron chi connectivity index (χ1n) is 13.5. The van der Waals surface area contributed by atoms with E-state index in [4.69, 9.17) is 15.3 Å². The molecule has 1 aromatic heterocycles. The van der Waals surface area contributed by atoms with Gasteiger partial charge in [0, 0.05) is 41.2 Å². The maximum atomic E-state index is 13.4. The molecule has 0 fully saturated rings. The summed E-state index contributed by atoms with van der Waals surface area (Å²) >= 11 is 0. The highest BCUT2D eigenvalue weighted by Gasteiger charge is 2.27. The van der Waals surface area contributed by atoms with Crippen LogP contribution in [0, 0.1) is 0 Å². The van der Waals surface area contributed by atoms with Crippen molar-refractivity contribution in [2.24, 2.45) is 5.73 Å². The number of carbonyl (C=O) groups excluding carboxylic acids is 5. The number of H-pyrrole nitrogens is 1. The van der Waals surface area contributed by atoms with Gasteiger partial charge in [-0.15, -0.1) is 12.4 Å². The van der Waals surface area contributed by atoms with Crippen LogP contribution in [0.3, 0.4) is 0 Å².